The van der Waals surface area contributed by atoms with E-state index in [1.165, 1.54) is 17.7 Å². The normalized spacial score (nSPS) is 21.3. The summed E-state index contributed by atoms with van der Waals surface area (Å²) in [5, 5.41) is 4.29. The summed E-state index contributed by atoms with van der Waals surface area (Å²) in [5.41, 5.74) is 0. The Hall–Kier alpha value is -1.14. The maximum atomic E-state index is 12.5. The van der Waals surface area contributed by atoms with E-state index < -0.39 is 0 Å². The predicted molar refractivity (Wildman–Crippen MR) is 84.5 cm³/mol. The average molecular weight is 308 g/mol. The molecule has 1 aliphatic carbocycles. The van der Waals surface area contributed by atoms with Gasteiger partial charge in [-0.05, 0) is 32.2 Å². The summed E-state index contributed by atoms with van der Waals surface area (Å²) in [6, 6.07) is 0.191. The number of rotatable bonds is 4. The topological polar surface area (TPSA) is 48.5 Å². The molecule has 3 rings (SSSR count). The third-order valence-electron chi connectivity index (χ3n) is 4.38. The second kappa shape index (κ2) is 6.32. The first-order chi connectivity index (χ1) is 10.2. The predicted octanol–water partition coefficient (Wildman–Crippen LogP) is 2.25. The van der Waals surface area contributed by atoms with E-state index in [1.807, 2.05) is 11.1 Å². The number of piperazine rings is 1. The van der Waals surface area contributed by atoms with Crippen molar-refractivity contribution in [3.8, 4) is 0 Å². The molecule has 0 bridgehead atoms. The number of hydrogen-bond acceptors (Lipinski definition) is 4. The van der Waals surface area contributed by atoms with Crippen LogP contribution in [-0.2, 0) is 0 Å². The number of likely N-dealkylation sites (N-methyl/N-ethyl adjacent to an activating group) is 1. The Morgan fingerprint density at radius 1 is 1.43 bits per heavy atom. The molecule has 116 valence electrons. The first kappa shape index (κ1) is 14.8. The Morgan fingerprint density at radius 3 is 2.67 bits per heavy atom. The first-order valence-corrected chi connectivity index (χ1v) is 8.69. The second-order valence-electron chi connectivity index (χ2n) is 6.00. The van der Waals surface area contributed by atoms with E-state index in [9.17, 15) is 4.79 Å². The summed E-state index contributed by atoms with van der Waals surface area (Å²) in [5.74, 6) is 0.580. The van der Waals surface area contributed by atoms with Gasteiger partial charge in [-0.3, -0.25) is 0 Å². The standard InChI is InChI=1S/C15H24N4OS/c1-3-18-6-8-19(9-7-18)15(20)17-13(12-4-5-12)14-16-10-11(2)21-14/h10,12-13H,3-9H2,1-2H3,(H,17,20)/t13-/m1/s1. The number of carbonyl (C=O) groups is 1. The van der Waals surface area contributed by atoms with Crippen LogP contribution < -0.4 is 5.32 Å². The summed E-state index contributed by atoms with van der Waals surface area (Å²) in [4.78, 5) is 22.5. The Labute approximate surface area is 130 Å². The van der Waals surface area contributed by atoms with Gasteiger partial charge >= 0.3 is 6.03 Å². The van der Waals surface area contributed by atoms with Crippen molar-refractivity contribution in [2.24, 2.45) is 5.92 Å². The van der Waals surface area contributed by atoms with Crippen LogP contribution in [0.3, 0.4) is 0 Å². The summed E-state index contributed by atoms with van der Waals surface area (Å²) in [6.45, 7) is 8.92. The lowest BCUT2D eigenvalue weighted by Crippen LogP contribution is -2.52. The van der Waals surface area contributed by atoms with Crippen LogP contribution in [-0.4, -0.2) is 53.5 Å². The van der Waals surface area contributed by atoms with Crippen LogP contribution >= 0.6 is 11.3 Å². The van der Waals surface area contributed by atoms with E-state index in [0.717, 1.165) is 37.7 Å². The van der Waals surface area contributed by atoms with E-state index >= 15 is 0 Å². The van der Waals surface area contributed by atoms with Gasteiger partial charge in [-0.25, -0.2) is 9.78 Å². The van der Waals surface area contributed by atoms with Crippen LogP contribution in [0, 0.1) is 12.8 Å². The van der Waals surface area contributed by atoms with E-state index in [2.05, 4.69) is 29.0 Å². The van der Waals surface area contributed by atoms with Crippen molar-refractivity contribution in [2.45, 2.75) is 32.7 Å². The lowest BCUT2D eigenvalue weighted by Gasteiger charge is -2.34. The summed E-state index contributed by atoms with van der Waals surface area (Å²) >= 11 is 1.70. The molecule has 1 saturated carbocycles. The van der Waals surface area contributed by atoms with Crippen molar-refractivity contribution in [1.29, 1.82) is 0 Å². The minimum absolute atomic E-state index is 0.0792. The Balaban J connectivity index is 1.60. The smallest absolute Gasteiger partial charge is 0.318 e. The zero-order valence-corrected chi connectivity index (χ0v) is 13.7. The molecule has 2 amide bonds. The fraction of sp³-hybridized carbons (Fsp3) is 0.733. The molecule has 1 aromatic rings. The van der Waals surface area contributed by atoms with Crippen molar-refractivity contribution in [3.05, 3.63) is 16.1 Å². The highest BCUT2D eigenvalue weighted by atomic mass is 32.1. The molecule has 5 nitrogen and oxygen atoms in total. The molecule has 1 aliphatic heterocycles. The molecular weight excluding hydrogens is 284 g/mol. The maximum Gasteiger partial charge on any atom is 0.318 e. The van der Waals surface area contributed by atoms with Crippen molar-refractivity contribution in [3.63, 3.8) is 0 Å². The van der Waals surface area contributed by atoms with Gasteiger partial charge in [0.2, 0.25) is 0 Å². The SMILES string of the molecule is CCN1CCN(C(=O)N[C@@H](c2ncc(C)s2)C2CC2)CC1. The number of thiazole rings is 1. The number of carbonyl (C=O) groups excluding carboxylic acids is 1. The number of aryl methyl sites for hydroxylation is 1. The fourth-order valence-corrected chi connectivity index (χ4v) is 3.74. The molecule has 0 unspecified atom stereocenters. The van der Waals surface area contributed by atoms with Crippen molar-refractivity contribution in [2.75, 3.05) is 32.7 Å². The molecule has 2 heterocycles. The van der Waals surface area contributed by atoms with E-state index in [0.29, 0.717) is 5.92 Å². The minimum Gasteiger partial charge on any atom is -0.328 e. The van der Waals surface area contributed by atoms with E-state index in [4.69, 9.17) is 0 Å². The third kappa shape index (κ3) is 3.55. The summed E-state index contributed by atoms with van der Waals surface area (Å²) in [7, 11) is 0. The molecule has 1 N–H and O–H groups in total. The quantitative estimate of drug-likeness (QED) is 0.928. The Bertz CT molecular complexity index is 492. The number of nitrogens with zero attached hydrogens (tertiary/aromatic N) is 3. The van der Waals surface area contributed by atoms with Crippen LogP contribution in [0.1, 0.15) is 35.7 Å². The van der Waals surface area contributed by atoms with E-state index in [1.54, 1.807) is 11.3 Å². The molecule has 0 radical (unpaired) electrons. The van der Waals surface area contributed by atoms with Crippen LogP contribution in [0.2, 0.25) is 0 Å². The average Bonchev–Trinajstić information content (AvgIpc) is 3.26. The molecule has 6 heteroatoms. The second-order valence-corrected chi connectivity index (χ2v) is 7.26. The van der Waals surface area contributed by atoms with Crippen LogP contribution in [0.4, 0.5) is 4.79 Å². The highest BCUT2D eigenvalue weighted by Gasteiger charge is 2.36. The number of nitrogens with one attached hydrogen (secondary N) is 1. The summed E-state index contributed by atoms with van der Waals surface area (Å²) in [6.07, 6.45) is 4.31. The maximum absolute atomic E-state index is 12.5. The molecule has 21 heavy (non-hydrogen) atoms. The highest BCUT2D eigenvalue weighted by Crippen LogP contribution is 2.42. The zero-order chi connectivity index (χ0) is 14.8. The molecule has 1 saturated heterocycles. The van der Waals surface area contributed by atoms with Gasteiger partial charge in [0.1, 0.15) is 5.01 Å². The third-order valence-corrected chi connectivity index (χ3v) is 5.38. The van der Waals surface area contributed by atoms with Crippen molar-refractivity contribution >= 4 is 17.4 Å². The Kier molecular flexibility index (Phi) is 4.45. The number of hydrogen-bond donors (Lipinski definition) is 1. The van der Waals surface area contributed by atoms with Gasteiger partial charge in [0.15, 0.2) is 0 Å². The van der Waals surface area contributed by atoms with Gasteiger partial charge < -0.3 is 15.1 Å². The minimum atomic E-state index is 0.0792. The molecule has 2 fully saturated rings. The monoisotopic (exact) mass is 308 g/mol. The van der Waals surface area contributed by atoms with Gasteiger partial charge in [0.25, 0.3) is 0 Å². The van der Waals surface area contributed by atoms with Crippen LogP contribution in [0.5, 0.6) is 0 Å². The molecule has 0 spiro atoms. The van der Waals surface area contributed by atoms with Gasteiger partial charge in [-0.1, -0.05) is 6.92 Å². The number of aromatic nitrogens is 1. The molecule has 2 aliphatic rings. The van der Waals surface area contributed by atoms with Gasteiger partial charge in [0, 0.05) is 37.3 Å². The lowest BCUT2D eigenvalue weighted by molar-refractivity contribution is 0.140. The molecule has 0 aromatic carbocycles. The number of urea groups is 1. The molecule has 1 atom stereocenters. The summed E-state index contributed by atoms with van der Waals surface area (Å²) < 4.78 is 0. The lowest BCUT2D eigenvalue weighted by atomic mass is 10.2. The highest BCUT2D eigenvalue weighted by molar-refractivity contribution is 7.11. The van der Waals surface area contributed by atoms with Crippen molar-refractivity contribution < 1.29 is 4.79 Å². The van der Waals surface area contributed by atoms with Crippen LogP contribution in [0.15, 0.2) is 6.20 Å². The van der Waals surface area contributed by atoms with Gasteiger partial charge in [-0.15, -0.1) is 11.3 Å². The zero-order valence-electron chi connectivity index (χ0n) is 12.8. The molecular formula is C15H24N4OS. The van der Waals surface area contributed by atoms with E-state index in [-0.39, 0.29) is 12.1 Å². The molecule has 1 aromatic heterocycles. The largest absolute Gasteiger partial charge is 0.328 e. The first-order valence-electron chi connectivity index (χ1n) is 7.87. The van der Waals surface area contributed by atoms with Gasteiger partial charge in [-0.2, -0.15) is 0 Å². The number of amides is 2. The van der Waals surface area contributed by atoms with Gasteiger partial charge in [0.05, 0.1) is 6.04 Å². The van der Waals surface area contributed by atoms with Crippen molar-refractivity contribution in [1.82, 2.24) is 20.1 Å². The van der Waals surface area contributed by atoms with Crippen LogP contribution in [0.25, 0.3) is 0 Å². The fourth-order valence-electron chi connectivity index (χ4n) is 2.82. The Morgan fingerprint density at radius 2 is 2.14 bits per heavy atom.